The molecule has 0 aromatic heterocycles. The van der Waals surface area contributed by atoms with Gasteiger partial charge in [0.1, 0.15) is 11.6 Å². The van der Waals surface area contributed by atoms with Gasteiger partial charge in [0, 0.05) is 19.2 Å². The van der Waals surface area contributed by atoms with Gasteiger partial charge in [-0.2, -0.15) is 0 Å². The minimum absolute atomic E-state index is 0.172. The Morgan fingerprint density at radius 1 is 1.20 bits per heavy atom. The minimum Gasteiger partial charge on any atom is -0.459 e. The van der Waals surface area contributed by atoms with Crippen molar-refractivity contribution in [3.05, 3.63) is 29.8 Å². The number of rotatable bonds is 5. The first kappa shape index (κ1) is 22.3. The van der Waals surface area contributed by atoms with Crippen LogP contribution in [0.15, 0.2) is 24.3 Å². The van der Waals surface area contributed by atoms with Crippen molar-refractivity contribution < 1.29 is 19.1 Å². The van der Waals surface area contributed by atoms with Crippen LogP contribution in [0.25, 0.3) is 0 Å². The Hall–Kier alpha value is -2.41. The fourth-order valence-electron chi connectivity index (χ4n) is 4.21. The van der Waals surface area contributed by atoms with Crippen molar-refractivity contribution in [1.29, 1.82) is 0 Å². The number of likely N-dealkylation sites (tertiary alicyclic amines) is 1. The molecule has 2 amide bonds. The second-order valence-electron chi connectivity index (χ2n) is 9.31. The van der Waals surface area contributed by atoms with Gasteiger partial charge < -0.3 is 9.64 Å². The summed E-state index contributed by atoms with van der Waals surface area (Å²) < 4.78 is 5.43. The number of nitrogens with one attached hydrogen (secondary N) is 1. The molecule has 0 radical (unpaired) electrons. The number of benzene rings is 1. The molecule has 2 saturated heterocycles. The first-order valence-electron chi connectivity index (χ1n) is 10.7. The summed E-state index contributed by atoms with van der Waals surface area (Å²) in [5.74, 6) is -0.171. The lowest BCUT2D eigenvalue weighted by Gasteiger charge is -2.34. The number of nitrogens with zero attached hydrogens (tertiary/aromatic N) is 2. The maximum atomic E-state index is 12.2. The Morgan fingerprint density at radius 2 is 1.90 bits per heavy atom. The van der Waals surface area contributed by atoms with E-state index in [1.54, 1.807) is 0 Å². The summed E-state index contributed by atoms with van der Waals surface area (Å²) in [7, 11) is 1.91. The summed E-state index contributed by atoms with van der Waals surface area (Å²) in [4.78, 5) is 39.8. The largest absolute Gasteiger partial charge is 0.459 e. The van der Waals surface area contributed by atoms with Crippen LogP contribution >= 0.6 is 0 Å². The highest BCUT2D eigenvalue weighted by atomic mass is 16.6. The zero-order chi connectivity index (χ0) is 21.9. The number of carbonyl (C=O) groups excluding carboxylic acids is 3. The SMILES string of the molecule is CN(c1cccc(C2CCN(CC(=O)OC(C)(C)C)CC2)c1)[C@H]1CCC(=O)NC1=O. The van der Waals surface area contributed by atoms with Crippen molar-refractivity contribution in [2.45, 2.75) is 64.0 Å². The molecule has 7 heteroatoms. The molecule has 1 aromatic carbocycles. The van der Waals surface area contributed by atoms with Gasteiger partial charge in [0.25, 0.3) is 0 Å². The number of likely N-dealkylation sites (N-methyl/N-ethyl adjacent to an activating group) is 1. The molecule has 1 atom stereocenters. The van der Waals surface area contributed by atoms with E-state index in [9.17, 15) is 14.4 Å². The quantitative estimate of drug-likeness (QED) is 0.588. The van der Waals surface area contributed by atoms with Crippen LogP contribution in [0.1, 0.15) is 57.9 Å². The maximum Gasteiger partial charge on any atom is 0.320 e. The molecule has 1 aromatic rings. The Kier molecular flexibility index (Phi) is 6.81. The monoisotopic (exact) mass is 415 g/mol. The van der Waals surface area contributed by atoms with Crippen LogP contribution in [-0.4, -0.2) is 61.0 Å². The molecule has 30 heavy (non-hydrogen) atoms. The average molecular weight is 416 g/mol. The minimum atomic E-state index is -0.454. The van der Waals surface area contributed by atoms with E-state index in [0.717, 1.165) is 31.6 Å². The van der Waals surface area contributed by atoms with E-state index in [-0.39, 0.29) is 23.8 Å². The molecule has 2 heterocycles. The highest BCUT2D eigenvalue weighted by Crippen LogP contribution is 2.31. The molecule has 164 valence electrons. The summed E-state index contributed by atoms with van der Waals surface area (Å²) in [5, 5.41) is 2.43. The van der Waals surface area contributed by atoms with Crippen LogP contribution in [0.4, 0.5) is 5.69 Å². The molecule has 0 saturated carbocycles. The predicted octanol–water partition coefficient (Wildman–Crippen LogP) is 2.45. The van der Waals surface area contributed by atoms with E-state index < -0.39 is 5.60 Å². The molecule has 0 aliphatic carbocycles. The Morgan fingerprint density at radius 3 is 2.53 bits per heavy atom. The van der Waals surface area contributed by atoms with E-state index in [0.29, 0.717) is 25.3 Å². The summed E-state index contributed by atoms with van der Waals surface area (Å²) in [6, 6.07) is 7.99. The van der Waals surface area contributed by atoms with E-state index >= 15 is 0 Å². The van der Waals surface area contributed by atoms with Crippen LogP contribution in [0.5, 0.6) is 0 Å². The van der Waals surface area contributed by atoms with Crippen LogP contribution in [0, 0.1) is 0 Å². The van der Waals surface area contributed by atoms with Crippen LogP contribution in [-0.2, 0) is 19.1 Å². The van der Waals surface area contributed by atoms with Gasteiger partial charge in [-0.25, -0.2) is 0 Å². The number of ether oxygens (including phenoxy) is 1. The zero-order valence-corrected chi connectivity index (χ0v) is 18.4. The van der Waals surface area contributed by atoms with Gasteiger partial charge in [0.2, 0.25) is 11.8 Å². The van der Waals surface area contributed by atoms with Crippen molar-refractivity contribution in [2.24, 2.45) is 0 Å². The van der Waals surface area contributed by atoms with Gasteiger partial charge in [-0.1, -0.05) is 12.1 Å². The lowest BCUT2D eigenvalue weighted by atomic mass is 9.89. The van der Waals surface area contributed by atoms with Gasteiger partial charge >= 0.3 is 5.97 Å². The number of piperidine rings is 2. The number of hydrogen-bond donors (Lipinski definition) is 1. The molecule has 0 spiro atoms. The van der Waals surface area contributed by atoms with Crippen molar-refractivity contribution >= 4 is 23.5 Å². The third-order valence-electron chi connectivity index (χ3n) is 5.79. The van der Waals surface area contributed by atoms with E-state index in [2.05, 4.69) is 22.3 Å². The number of carbonyl (C=O) groups is 3. The summed E-state index contributed by atoms with van der Waals surface area (Å²) in [6.07, 6.45) is 2.87. The molecule has 2 aliphatic heterocycles. The van der Waals surface area contributed by atoms with Gasteiger partial charge in [-0.3, -0.25) is 24.6 Å². The average Bonchev–Trinajstić information content (AvgIpc) is 2.67. The summed E-state index contributed by atoms with van der Waals surface area (Å²) in [5.41, 5.74) is 1.78. The van der Waals surface area contributed by atoms with Crippen molar-refractivity contribution in [3.63, 3.8) is 0 Å². The molecule has 2 aliphatic rings. The fraction of sp³-hybridized carbons (Fsp3) is 0.609. The second kappa shape index (κ2) is 9.16. The standard InChI is InChI=1S/C23H33N3O4/c1-23(2,3)30-21(28)15-26-12-10-16(11-13-26)17-6-5-7-18(14-17)25(4)19-8-9-20(27)24-22(19)29/h5-7,14,16,19H,8-13,15H2,1-4H3,(H,24,27,29)/t19-/m0/s1. The molecule has 2 fully saturated rings. The highest BCUT2D eigenvalue weighted by molar-refractivity contribution is 6.01. The third kappa shape index (κ3) is 5.81. The van der Waals surface area contributed by atoms with Crippen molar-refractivity contribution in [1.82, 2.24) is 10.2 Å². The number of hydrogen-bond acceptors (Lipinski definition) is 6. The van der Waals surface area contributed by atoms with E-state index in [1.807, 2.05) is 44.9 Å². The second-order valence-corrected chi connectivity index (χ2v) is 9.31. The van der Waals surface area contributed by atoms with Crippen molar-refractivity contribution in [3.8, 4) is 0 Å². The lowest BCUT2D eigenvalue weighted by Crippen LogP contribution is -2.51. The predicted molar refractivity (Wildman–Crippen MR) is 115 cm³/mol. The van der Waals surface area contributed by atoms with Gasteiger partial charge in [0.05, 0.1) is 6.54 Å². The van der Waals surface area contributed by atoms with E-state index in [1.165, 1.54) is 5.56 Å². The first-order valence-corrected chi connectivity index (χ1v) is 10.7. The molecule has 0 unspecified atom stereocenters. The molecule has 0 bridgehead atoms. The smallest absolute Gasteiger partial charge is 0.320 e. The third-order valence-corrected chi connectivity index (χ3v) is 5.79. The maximum absolute atomic E-state index is 12.2. The van der Waals surface area contributed by atoms with Crippen LogP contribution in [0.2, 0.25) is 0 Å². The van der Waals surface area contributed by atoms with Gasteiger partial charge in [-0.15, -0.1) is 0 Å². The fourth-order valence-corrected chi connectivity index (χ4v) is 4.21. The zero-order valence-electron chi connectivity index (χ0n) is 18.4. The summed E-state index contributed by atoms with van der Waals surface area (Å²) >= 11 is 0. The molecule has 7 nitrogen and oxygen atoms in total. The molecular weight excluding hydrogens is 382 g/mol. The van der Waals surface area contributed by atoms with Gasteiger partial charge in [-0.05, 0) is 76.7 Å². The Bertz CT molecular complexity index is 794. The topological polar surface area (TPSA) is 79.0 Å². The Labute approximate surface area is 178 Å². The van der Waals surface area contributed by atoms with Gasteiger partial charge in [0.15, 0.2) is 0 Å². The Balaban J connectivity index is 1.57. The number of esters is 1. The lowest BCUT2D eigenvalue weighted by molar-refractivity contribution is -0.156. The molecular formula is C23H33N3O4. The van der Waals surface area contributed by atoms with Crippen LogP contribution < -0.4 is 10.2 Å². The number of amides is 2. The number of anilines is 1. The van der Waals surface area contributed by atoms with Crippen molar-refractivity contribution in [2.75, 3.05) is 31.6 Å². The first-order chi connectivity index (χ1) is 14.1. The summed E-state index contributed by atoms with van der Waals surface area (Å²) in [6.45, 7) is 7.71. The van der Waals surface area contributed by atoms with E-state index in [4.69, 9.17) is 4.74 Å². The number of imide groups is 1. The highest BCUT2D eigenvalue weighted by Gasteiger charge is 2.30. The van der Waals surface area contributed by atoms with Crippen LogP contribution in [0.3, 0.4) is 0 Å². The molecule has 3 rings (SSSR count). The normalized spacial score (nSPS) is 21.3. The molecule has 1 N–H and O–H groups in total.